The Kier molecular flexibility index (Phi) is 7.19. The lowest BCUT2D eigenvalue weighted by atomic mass is 10.1. The molecule has 3 heteroatoms. The summed E-state index contributed by atoms with van der Waals surface area (Å²) in [6.07, 6.45) is 9.78. The fourth-order valence-corrected chi connectivity index (χ4v) is 1.74. The van der Waals surface area contributed by atoms with Crippen LogP contribution in [0.4, 0.5) is 5.69 Å². The molecule has 0 aromatic carbocycles. The minimum Gasteiger partial charge on any atom is -0.481 e. The average Bonchev–Trinajstić information content (AvgIpc) is 2.38. The van der Waals surface area contributed by atoms with Gasteiger partial charge in [0.05, 0.1) is 19.0 Å². The minimum absolute atomic E-state index is 0.662. The smallest absolute Gasteiger partial charge is 0.213 e. The van der Waals surface area contributed by atoms with Gasteiger partial charge in [-0.15, -0.1) is 0 Å². The highest BCUT2D eigenvalue weighted by atomic mass is 16.5. The molecule has 0 radical (unpaired) electrons. The molecule has 0 aliphatic carbocycles. The Bertz CT molecular complexity index is 285. The minimum atomic E-state index is 0.662. The van der Waals surface area contributed by atoms with Crippen molar-refractivity contribution in [1.82, 2.24) is 4.98 Å². The first-order valence-corrected chi connectivity index (χ1v) is 6.60. The van der Waals surface area contributed by atoms with Gasteiger partial charge >= 0.3 is 0 Å². The van der Waals surface area contributed by atoms with E-state index in [2.05, 4.69) is 17.2 Å². The van der Waals surface area contributed by atoms with Crippen LogP contribution in [-0.2, 0) is 0 Å². The molecule has 0 saturated heterocycles. The summed E-state index contributed by atoms with van der Waals surface area (Å²) < 4.78 is 5.01. The summed E-state index contributed by atoms with van der Waals surface area (Å²) in [7, 11) is 1.63. The van der Waals surface area contributed by atoms with E-state index >= 15 is 0 Å². The van der Waals surface area contributed by atoms with Gasteiger partial charge in [-0.3, -0.25) is 0 Å². The quantitative estimate of drug-likeness (QED) is 0.661. The molecule has 0 spiro atoms. The Morgan fingerprint density at radius 1 is 1.12 bits per heavy atom. The molecule has 0 atom stereocenters. The third-order valence-electron chi connectivity index (χ3n) is 2.80. The van der Waals surface area contributed by atoms with Crippen LogP contribution in [0.2, 0.25) is 0 Å². The van der Waals surface area contributed by atoms with Crippen molar-refractivity contribution in [3.63, 3.8) is 0 Å². The van der Waals surface area contributed by atoms with E-state index in [0.29, 0.717) is 5.88 Å². The van der Waals surface area contributed by atoms with Gasteiger partial charge in [0.2, 0.25) is 5.88 Å². The molecule has 0 aliphatic heterocycles. The molecule has 0 amide bonds. The maximum atomic E-state index is 5.01. The summed E-state index contributed by atoms with van der Waals surface area (Å²) in [6, 6.07) is 3.88. The van der Waals surface area contributed by atoms with Crippen molar-refractivity contribution in [3.05, 3.63) is 18.3 Å². The second kappa shape index (κ2) is 8.85. The van der Waals surface area contributed by atoms with Crippen molar-refractivity contribution in [2.45, 2.75) is 45.4 Å². The van der Waals surface area contributed by atoms with Crippen molar-refractivity contribution in [2.75, 3.05) is 19.0 Å². The Labute approximate surface area is 105 Å². The third kappa shape index (κ3) is 6.15. The van der Waals surface area contributed by atoms with E-state index in [9.17, 15) is 0 Å². The fraction of sp³-hybridized carbons (Fsp3) is 0.643. The molecule has 1 aromatic rings. The molecule has 17 heavy (non-hydrogen) atoms. The van der Waals surface area contributed by atoms with E-state index < -0.39 is 0 Å². The van der Waals surface area contributed by atoms with Crippen LogP contribution in [0.25, 0.3) is 0 Å². The monoisotopic (exact) mass is 236 g/mol. The predicted molar refractivity (Wildman–Crippen MR) is 72.7 cm³/mol. The number of rotatable bonds is 9. The zero-order valence-corrected chi connectivity index (χ0v) is 11.0. The summed E-state index contributed by atoms with van der Waals surface area (Å²) in [5, 5.41) is 3.37. The van der Waals surface area contributed by atoms with Crippen LogP contribution in [0.5, 0.6) is 5.88 Å². The number of anilines is 1. The molecular weight excluding hydrogens is 212 g/mol. The molecule has 0 fully saturated rings. The summed E-state index contributed by atoms with van der Waals surface area (Å²) in [5.41, 5.74) is 1.07. The number of nitrogens with one attached hydrogen (secondary N) is 1. The van der Waals surface area contributed by atoms with Gasteiger partial charge in [-0.25, -0.2) is 4.98 Å². The number of hydrogen-bond donors (Lipinski definition) is 1. The highest BCUT2D eigenvalue weighted by Crippen LogP contribution is 2.11. The van der Waals surface area contributed by atoms with Crippen LogP contribution in [0.15, 0.2) is 18.3 Å². The topological polar surface area (TPSA) is 34.1 Å². The van der Waals surface area contributed by atoms with Crippen molar-refractivity contribution in [1.29, 1.82) is 0 Å². The summed E-state index contributed by atoms with van der Waals surface area (Å²) in [4.78, 5) is 4.15. The average molecular weight is 236 g/mol. The number of hydrogen-bond acceptors (Lipinski definition) is 3. The lowest BCUT2D eigenvalue weighted by Gasteiger charge is -2.06. The number of pyridine rings is 1. The molecule has 0 bridgehead atoms. The highest BCUT2D eigenvalue weighted by molar-refractivity contribution is 5.41. The third-order valence-corrected chi connectivity index (χ3v) is 2.80. The van der Waals surface area contributed by atoms with Gasteiger partial charge < -0.3 is 10.1 Å². The predicted octanol–water partition coefficient (Wildman–Crippen LogP) is 3.86. The van der Waals surface area contributed by atoms with Gasteiger partial charge in [0, 0.05) is 12.6 Å². The first kappa shape index (κ1) is 13.8. The number of aromatic nitrogens is 1. The second-order valence-corrected chi connectivity index (χ2v) is 4.28. The van der Waals surface area contributed by atoms with Gasteiger partial charge in [0.15, 0.2) is 0 Å². The second-order valence-electron chi connectivity index (χ2n) is 4.28. The van der Waals surface area contributed by atoms with Gasteiger partial charge in [-0.1, -0.05) is 39.0 Å². The summed E-state index contributed by atoms with van der Waals surface area (Å²) in [5.74, 6) is 0.662. The molecule has 0 aliphatic rings. The number of methoxy groups -OCH3 is 1. The van der Waals surface area contributed by atoms with E-state index in [1.807, 2.05) is 18.3 Å². The van der Waals surface area contributed by atoms with Crippen molar-refractivity contribution in [2.24, 2.45) is 0 Å². The van der Waals surface area contributed by atoms with Gasteiger partial charge in [-0.05, 0) is 12.5 Å². The Hall–Kier alpha value is -1.25. The summed E-state index contributed by atoms with van der Waals surface area (Å²) in [6.45, 7) is 3.28. The molecule has 1 rings (SSSR count). The Morgan fingerprint density at radius 3 is 2.53 bits per heavy atom. The molecule has 1 heterocycles. The van der Waals surface area contributed by atoms with Crippen molar-refractivity contribution >= 4 is 5.69 Å². The molecule has 3 nitrogen and oxygen atoms in total. The number of unbranched alkanes of at least 4 members (excludes halogenated alkanes) is 5. The molecular formula is C14H24N2O. The maximum absolute atomic E-state index is 5.01. The number of ether oxygens (including phenoxy) is 1. The van der Waals surface area contributed by atoms with E-state index in [0.717, 1.165) is 12.2 Å². The fourth-order valence-electron chi connectivity index (χ4n) is 1.74. The summed E-state index contributed by atoms with van der Waals surface area (Å²) >= 11 is 0. The zero-order valence-electron chi connectivity index (χ0n) is 11.0. The van der Waals surface area contributed by atoms with E-state index in [-0.39, 0.29) is 0 Å². The molecule has 1 N–H and O–H groups in total. The molecule has 1 aromatic heterocycles. The first-order chi connectivity index (χ1) is 8.36. The van der Waals surface area contributed by atoms with Crippen molar-refractivity contribution < 1.29 is 4.74 Å². The van der Waals surface area contributed by atoms with Gasteiger partial charge in [-0.2, -0.15) is 0 Å². The number of nitrogens with zero attached hydrogens (tertiary/aromatic N) is 1. The normalized spacial score (nSPS) is 10.2. The first-order valence-electron chi connectivity index (χ1n) is 6.60. The van der Waals surface area contributed by atoms with Gasteiger partial charge in [0.25, 0.3) is 0 Å². The highest BCUT2D eigenvalue weighted by Gasteiger charge is 1.94. The maximum Gasteiger partial charge on any atom is 0.213 e. The lowest BCUT2D eigenvalue weighted by molar-refractivity contribution is 0.398. The van der Waals surface area contributed by atoms with Crippen LogP contribution >= 0.6 is 0 Å². The molecule has 0 unspecified atom stereocenters. The zero-order chi connectivity index (χ0) is 12.3. The van der Waals surface area contributed by atoms with Gasteiger partial charge in [0.1, 0.15) is 0 Å². The van der Waals surface area contributed by atoms with Crippen LogP contribution in [0, 0.1) is 0 Å². The molecule has 96 valence electrons. The standard InChI is InChI=1S/C14H24N2O/c1-3-4-5-6-7-8-11-15-13-9-10-14(17-2)16-12-13/h9-10,12,15H,3-8,11H2,1-2H3. The Balaban J connectivity index is 2.05. The van der Waals surface area contributed by atoms with E-state index in [4.69, 9.17) is 4.74 Å². The lowest BCUT2D eigenvalue weighted by Crippen LogP contribution is -2.01. The van der Waals surface area contributed by atoms with Crippen LogP contribution in [0.3, 0.4) is 0 Å². The van der Waals surface area contributed by atoms with E-state index in [1.165, 1.54) is 38.5 Å². The molecule has 0 saturated carbocycles. The van der Waals surface area contributed by atoms with Crippen LogP contribution in [-0.4, -0.2) is 18.6 Å². The SMILES string of the molecule is CCCCCCCCNc1ccc(OC)nc1. The largest absolute Gasteiger partial charge is 0.481 e. The Morgan fingerprint density at radius 2 is 1.88 bits per heavy atom. The van der Waals surface area contributed by atoms with Crippen molar-refractivity contribution in [3.8, 4) is 5.88 Å². The van der Waals surface area contributed by atoms with E-state index in [1.54, 1.807) is 7.11 Å². The van der Waals surface area contributed by atoms with Crippen LogP contribution < -0.4 is 10.1 Å². The van der Waals surface area contributed by atoms with Crippen LogP contribution in [0.1, 0.15) is 45.4 Å².